The molecule has 1 aliphatic carbocycles. The van der Waals surface area contributed by atoms with Gasteiger partial charge in [-0.15, -0.1) is 0 Å². The van der Waals surface area contributed by atoms with Gasteiger partial charge in [0.15, 0.2) is 0 Å². The van der Waals surface area contributed by atoms with Gasteiger partial charge in [0.1, 0.15) is 17.5 Å². The Bertz CT molecular complexity index is 1030. The summed E-state index contributed by atoms with van der Waals surface area (Å²) < 4.78 is 1.43. The molecule has 1 aliphatic rings. The number of hydrogen-bond donors (Lipinski definition) is 1. The standard InChI is InChI=1S/C19H13N3O/c20-11-16-17-14-9-5-4-6-12(14)10-15(17)19(23)22(18(16)21)13-7-2-1-3-8-13/h1-9H,10,21H2. The van der Waals surface area contributed by atoms with Crippen molar-refractivity contribution in [1.29, 1.82) is 5.26 Å². The van der Waals surface area contributed by atoms with Crippen molar-refractivity contribution in [1.82, 2.24) is 4.57 Å². The third kappa shape index (κ3) is 1.80. The van der Waals surface area contributed by atoms with Crippen LogP contribution in [0.3, 0.4) is 0 Å². The van der Waals surface area contributed by atoms with E-state index in [0.29, 0.717) is 28.8 Å². The lowest BCUT2D eigenvalue weighted by molar-refractivity contribution is 0.971. The summed E-state index contributed by atoms with van der Waals surface area (Å²) in [6, 6.07) is 19.1. The summed E-state index contributed by atoms with van der Waals surface area (Å²) in [4.78, 5) is 13.0. The number of fused-ring (bicyclic) bond motifs is 3. The number of pyridine rings is 1. The summed E-state index contributed by atoms with van der Waals surface area (Å²) in [5.74, 6) is 0.194. The number of nitrogens with two attached hydrogens (primary N) is 1. The molecule has 3 aromatic rings. The van der Waals surface area contributed by atoms with Gasteiger partial charge in [0.05, 0.1) is 5.69 Å². The molecule has 0 fully saturated rings. The van der Waals surface area contributed by atoms with Crippen LogP contribution >= 0.6 is 0 Å². The zero-order valence-corrected chi connectivity index (χ0v) is 12.3. The van der Waals surface area contributed by atoms with E-state index in [1.54, 1.807) is 0 Å². The second-order valence-electron chi connectivity index (χ2n) is 5.54. The van der Waals surface area contributed by atoms with Crippen LogP contribution in [0, 0.1) is 11.3 Å². The molecule has 0 saturated carbocycles. The molecule has 4 nitrogen and oxygen atoms in total. The Kier molecular flexibility index (Phi) is 2.82. The number of anilines is 1. The van der Waals surface area contributed by atoms with Crippen LogP contribution in [-0.4, -0.2) is 4.57 Å². The molecule has 4 rings (SSSR count). The van der Waals surface area contributed by atoms with Gasteiger partial charge < -0.3 is 5.73 Å². The quantitative estimate of drug-likeness (QED) is 0.587. The molecule has 4 heteroatoms. The van der Waals surface area contributed by atoms with E-state index in [0.717, 1.165) is 11.1 Å². The first-order valence-electron chi connectivity index (χ1n) is 7.33. The number of para-hydroxylation sites is 1. The van der Waals surface area contributed by atoms with Gasteiger partial charge in [-0.05, 0) is 23.3 Å². The molecule has 0 saturated heterocycles. The molecule has 2 aromatic carbocycles. The lowest BCUT2D eigenvalue weighted by Crippen LogP contribution is -2.26. The third-order valence-electron chi connectivity index (χ3n) is 4.29. The van der Waals surface area contributed by atoms with Crippen molar-refractivity contribution in [2.24, 2.45) is 0 Å². The molecule has 23 heavy (non-hydrogen) atoms. The highest BCUT2D eigenvalue weighted by Gasteiger charge is 2.28. The minimum Gasteiger partial charge on any atom is -0.384 e. The number of nitriles is 1. The number of nitrogen functional groups attached to an aromatic ring is 1. The predicted molar refractivity (Wildman–Crippen MR) is 89.4 cm³/mol. The Balaban J connectivity index is 2.11. The molecular weight excluding hydrogens is 286 g/mol. The molecular formula is C19H13N3O. The fourth-order valence-electron chi connectivity index (χ4n) is 3.26. The molecule has 1 heterocycles. The summed E-state index contributed by atoms with van der Waals surface area (Å²) in [6.07, 6.45) is 0.534. The molecule has 0 atom stereocenters. The topological polar surface area (TPSA) is 71.8 Å². The van der Waals surface area contributed by atoms with Crippen LogP contribution in [0.25, 0.3) is 16.8 Å². The van der Waals surface area contributed by atoms with Crippen molar-refractivity contribution >= 4 is 5.82 Å². The summed E-state index contributed by atoms with van der Waals surface area (Å²) in [5.41, 5.74) is 10.4. The molecule has 0 unspecified atom stereocenters. The first-order valence-corrected chi connectivity index (χ1v) is 7.33. The highest BCUT2D eigenvalue weighted by molar-refractivity contribution is 5.84. The molecule has 2 N–H and O–H groups in total. The largest absolute Gasteiger partial charge is 0.384 e. The fraction of sp³-hybridized carbons (Fsp3) is 0.0526. The average molecular weight is 299 g/mol. The highest BCUT2D eigenvalue weighted by atomic mass is 16.1. The van der Waals surface area contributed by atoms with E-state index in [-0.39, 0.29) is 11.4 Å². The van der Waals surface area contributed by atoms with Crippen molar-refractivity contribution < 1.29 is 0 Å². The van der Waals surface area contributed by atoms with Crippen LogP contribution in [0.5, 0.6) is 0 Å². The second kappa shape index (κ2) is 4.85. The van der Waals surface area contributed by atoms with Gasteiger partial charge >= 0.3 is 0 Å². The maximum absolute atomic E-state index is 13.0. The highest BCUT2D eigenvalue weighted by Crippen LogP contribution is 2.39. The van der Waals surface area contributed by atoms with Gasteiger partial charge in [0.2, 0.25) is 0 Å². The normalized spacial score (nSPS) is 11.6. The Morgan fingerprint density at radius 1 is 1.04 bits per heavy atom. The molecule has 110 valence electrons. The van der Waals surface area contributed by atoms with Crippen molar-refractivity contribution in [2.45, 2.75) is 6.42 Å². The van der Waals surface area contributed by atoms with Crippen molar-refractivity contribution in [3.63, 3.8) is 0 Å². The van der Waals surface area contributed by atoms with Crippen LogP contribution in [0.15, 0.2) is 59.4 Å². The molecule has 0 radical (unpaired) electrons. The SMILES string of the molecule is N#Cc1c2c(c(=O)n(-c3ccccc3)c1N)Cc1ccccc1-2. The smallest absolute Gasteiger partial charge is 0.260 e. The van der Waals surface area contributed by atoms with E-state index >= 15 is 0 Å². The first kappa shape index (κ1) is 13.4. The van der Waals surface area contributed by atoms with Crippen molar-refractivity contribution in [2.75, 3.05) is 5.73 Å². The van der Waals surface area contributed by atoms with Crippen molar-refractivity contribution in [3.8, 4) is 22.9 Å². The van der Waals surface area contributed by atoms with E-state index in [2.05, 4.69) is 6.07 Å². The zero-order valence-electron chi connectivity index (χ0n) is 12.3. The minimum atomic E-state index is -0.154. The number of hydrogen-bond acceptors (Lipinski definition) is 3. The minimum absolute atomic E-state index is 0.154. The first-order chi connectivity index (χ1) is 11.2. The second-order valence-corrected chi connectivity index (χ2v) is 5.54. The summed E-state index contributed by atoms with van der Waals surface area (Å²) in [7, 11) is 0. The van der Waals surface area contributed by atoms with Gasteiger partial charge in [-0.2, -0.15) is 5.26 Å². The Hall–Kier alpha value is -3.32. The van der Waals surface area contributed by atoms with Crippen molar-refractivity contribution in [3.05, 3.63) is 81.6 Å². The zero-order chi connectivity index (χ0) is 16.0. The van der Waals surface area contributed by atoms with E-state index < -0.39 is 0 Å². The maximum Gasteiger partial charge on any atom is 0.260 e. The number of nitrogens with zero attached hydrogens (tertiary/aromatic N) is 2. The summed E-state index contributed by atoms with van der Waals surface area (Å²) in [6.45, 7) is 0. The van der Waals surface area contributed by atoms with Gasteiger partial charge in [0.25, 0.3) is 5.56 Å². The van der Waals surface area contributed by atoms with E-state index in [1.165, 1.54) is 4.57 Å². The van der Waals surface area contributed by atoms with Gasteiger partial charge in [-0.3, -0.25) is 9.36 Å². The van der Waals surface area contributed by atoms with Crippen LogP contribution in [-0.2, 0) is 6.42 Å². The molecule has 1 aromatic heterocycles. The van der Waals surface area contributed by atoms with Crippen LogP contribution in [0.1, 0.15) is 16.7 Å². The number of rotatable bonds is 1. The number of benzene rings is 2. The predicted octanol–water partition coefficient (Wildman–Crippen LogP) is 2.86. The van der Waals surface area contributed by atoms with Gasteiger partial charge in [-0.1, -0.05) is 42.5 Å². The molecule has 0 amide bonds. The Morgan fingerprint density at radius 3 is 2.48 bits per heavy atom. The lowest BCUT2D eigenvalue weighted by atomic mass is 10.0. The molecule has 0 aliphatic heterocycles. The lowest BCUT2D eigenvalue weighted by Gasteiger charge is -2.14. The van der Waals surface area contributed by atoms with E-state index in [4.69, 9.17) is 5.73 Å². The van der Waals surface area contributed by atoms with Crippen LogP contribution in [0.4, 0.5) is 5.82 Å². The van der Waals surface area contributed by atoms with Crippen LogP contribution < -0.4 is 11.3 Å². The fourth-order valence-corrected chi connectivity index (χ4v) is 3.26. The average Bonchev–Trinajstić information content (AvgIpc) is 2.96. The third-order valence-corrected chi connectivity index (χ3v) is 4.29. The van der Waals surface area contributed by atoms with Crippen LogP contribution in [0.2, 0.25) is 0 Å². The summed E-state index contributed by atoms with van der Waals surface area (Å²) in [5, 5.41) is 9.63. The monoisotopic (exact) mass is 299 g/mol. The number of aromatic nitrogens is 1. The maximum atomic E-state index is 13.0. The molecule has 0 spiro atoms. The Labute approximate surface area is 133 Å². The summed E-state index contributed by atoms with van der Waals surface area (Å²) >= 11 is 0. The molecule has 0 bridgehead atoms. The van der Waals surface area contributed by atoms with E-state index in [9.17, 15) is 10.1 Å². The van der Waals surface area contributed by atoms with Gasteiger partial charge in [-0.25, -0.2) is 0 Å². The Morgan fingerprint density at radius 2 is 1.74 bits per heavy atom. The van der Waals surface area contributed by atoms with Gasteiger partial charge in [0, 0.05) is 17.5 Å². The van der Waals surface area contributed by atoms with E-state index in [1.807, 2.05) is 54.6 Å².